The third-order valence-electron chi connectivity index (χ3n) is 5.84. The number of nitrogens with zero attached hydrogens (tertiary/aromatic N) is 1. The van der Waals surface area contributed by atoms with Crippen molar-refractivity contribution in [1.82, 2.24) is 9.88 Å². The molecule has 2 aromatic rings. The van der Waals surface area contributed by atoms with Crippen molar-refractivity contribution in [2.45, 2.75) is 31.7 Å². The molecule has 0 saturated carbocycles. The number of carboxylic acids is 2. The number of aliphatic carboxylic acids is 2. The van der Waals surface area contributed by atoms with E-state index in [2.05, 4.69) is 47.5 Å². The highest BCUT2D eigenvalue weighted by Crippen LogP contribution is 2.44. The van der Waals surface area contributed by atoms with E-state index in [-0.39, 0.29) is 0 Å². The number of H-pyrrole nitrogens is 1. The first-order valence-corrected chi connectivity index (χ1v) is 11.3. The Morgan fingerprint density at radius 2 is 2.00 bits per heavy atom. The molecule has 1 fully saturated rings. The Hall–Kier alpha value is -2.25. The Kier molecular flexibility index (Phi) is 7.03. The largest absolute Gasteiger partial charge is 0.478 e. The lowest BCUT2D eigenvalue weighted by molar-refractivity contribution is -0.134. The third kappa shape index (κ3) is 4.85. The molecule has 0 amide bonds. The molecule has 2 heterocycles. The van der Waals surface area contributed by atoms with Gasteiger partial charge in [0.05, 0.1) is 0 Å². The number of likely N-dealkylation sites (N-methyl/N-ethyl adjacent to an activating group) is 1. The Balaban J connectivity index is 0.000000258. The number of aromatic nitrogens is 1. The molecular weight excluding hydrogens is 388 g/mol. The van der Waals surface area contributed by atoms with Crippen molar-refractivity contribution in [2.24, 2.45) is 5.92 Å². The lowest BCUT2D eigenvalue weighted by Crippen LogP contribution is -2.50. The van der Waals surface area contributed by atoms with E-state index >= 15 is 0 Å². The van der Waals surface area contributed by atoms with Crippen molar-refractivity contribution in [1.29, 1.82) is 0 Å². The van der Waals surface area contributed by atoms with Crippen molar-refractivity contribution < 1.29 is 19.8 Å². The fourth-order valence-corrected chi connectivity index (χ4v) is 5.47. The number of benzene rings is 1. The lowest BCUT2D eigenvalue weighted by Gasteiger charge is -2.47. The molecule has 3 atom stereocenters. The number of thioether (sulfide) groups is 1. The van der Waals surface area contributed by atoms with Gasteiger partial charge in [-0.25, -0.2) is 9.59 Å². The van der Waals surface area contributed by atoms with Crippen LogP contribution < -0.4 is 0 Å². The van der Waals surface area contributed by atoms with Crippen LogP contribution in [0.1, 0.15) is 30.4 Å². The van der Waals surface area contributed by atoms with Gasteiger partial charge in [-0.05, 0) is 54.5 Å². The minimum atomic E-state index is -1.26. The SMILES string of the molecule is CCN1C[C@H](CSC)CC2c3cccc4[nH]cc(c34)C[C@H]21.O=C(O)/C=C\C(=O)O. The number of hydrogen-bond donors (Lipinski definition) is 3. The number of nitrogens with one attached hydrogen (secondary N) is 1. The number of rotatable bonds is 5. The van der Waals surface area contributed by atoms with Crippen molar-refractivity contribution in [3.05, 3.63) is 47.7 Å². The number of aromatic amines is 1. The molecule has 156 valence electrons. The van der Waals surface area contributed by atoms with Gasteiger partial charge in [-0.15, -0.1) is 0 Å². The molecule has 1 aromatic heterocycles. The molecular formula is C22H28N2O4S. The summed E-state index contributed by atoms with van der Waals surface area (Å²) in [5, 5.41) is 17.2. The maximum atomic E-state index is 9.55. The van der Waals surface area contributed by atoms with Crippen LogP contribution in [0.5, 0.6) is 0 Å². The Morgan fingerprint density at radius 3 is 2.62 bits per heavy atom. The van der Waals surface area contributed by atoms with Crippen LogP contribution in [0, 0.1) is 5.92 Å². The Morgan fingerprint density at radius 1 is 1.28 bits per heavy atom. The summed E-state index contributed by atoms with van der Waals surface area (Å²) >= 11 is 2.01. The van der Waals surface area contributed by atoms with Crippen LogP contribution in [0.25, 0.3) is 10.9 Å². The third-order valence-corrected chi connectivity index (χ3v) is 6.64. The van der Waals surface area contributed by atoms with E-state index in [4.69, 9.17) is 10.2 Å². The summed E-state index contributed by atoms with van der Waals surface area (Å²) < 4.78 is 0. The van der Waals surface area contributed by atoms with Gasteiger partial charge in [0.15, 0.2) is 0 Å². The zero-order chi connectivity index (χ0) is 21.0. The van der Waals surface area contributed by atoms with Crippen LogP contribution in [0.4, 0.5) is 0 Å². The molecule has 1 aromatic carbocycles. The van der Waals surface area contributed by atoms with Gasteiger partial charge in [-0.2, -0.15) is 11.8 Å². The fourth-order valence-electron chi connectivity index (χ4n) is 4.76. The molecule has 3 N–H and O–H groups in total. The molecule has 0 bridgehead atoms. The Labute approximate surface area is 175 Å². The summed E-state index contributed by atoms with van der Waals surface area (Å²) in [5.74, 6) is 0.356. The van der Waals surface area contributed by atoms with Crippen LogP contribution in [-0.2, 0) is 16.0 Å². The maximum absolute atomic E-state index is 9.55. The number of carboxylic acid groups (broad SMARTS) is 2. The second-order valence-electron chi connectivity index (χ2n) is 7.62. The highest BCUT2D eigenvalue weighted by atomic mass is 32.2. The van der Waals surface area contributed by atoms with Crippen LogP contribution in [-0.4, -0.2) is 63.2 Å². The van der Waals surface area contributed by atoms with Crippen LogP contribution in [0.15, 0.2) is 36.5 Å². The summed E-state index contributed by atoms with van der Waals surface area (Å²) in [6.07, 6.45) is 8.19. The van der Waals surface area contributed by atoms with Crippen molar-refractivity contribution in [3.63, 3.8) is 0 Å². The van der Waals surface area contributed by atoms with Gasteiger partial charge in [-0.3, -0.25) is 4.90 Å². The molecule has 1 aliphatic heterocycles. The predicted octanol–water partition coefficient (Wildman–Crippen LogP) is 3.59. The summed E-state index contributed by atoms with van der Waals surface area (Å²) in [5.41, 5.74) is 4.46. The fraction of sp³-hybridized carbons (Fsp3) is 0.455. The minimum Gasteiger partial charge on any atom is -0.478 e. The lowest BCUT2D eigenvalue weighted by atomic mass is 9.72. The van der Waals surface area contributed by atoms with Crippen LogP contribution in [0.3, 0.4) is 0 Å². The number of piperidine rings is 1. The average molecular weight is 417 g/mol. The van der Waals surface area contributed by atoms with Crippen LogP contribution in [0.2, 0.25) is 0 Å². The highest BCUT2D eigenvalue weighted by Gasteiger charge is 2.39. The highest BCUT2D eigenvalue weighted by molar-refractivity contribution is 7.98. The number of likely N-dealkylation sites (tertiary alicyclic amines) is 1. The van der Waals surface area contributed by atoms with E-state index in [1.54, 1.807) is 5.56 Å². The van der Waals surface area contributed by atoms with Crippen LogP contribution >= 0.6 is 11.8 Å². The smallest absolute Gasteiger partial charge is 0.328 e. The quantitative estimate of drug-likeness (QED) is 0.645. The van der Waals surface area contributed by atoms with E-state index < -0.39 is 11.9 Å². The normalized spacial score (nSPS) is 23.4. The molecule has 1 unspecified atom stereocenters. The summed E-state index contributed by atoms with van der Waals surface area (Å²) in [6.45, 7) is 4.79. The van der Waals surface area contributed by atoms with Gasteiger partial charge in [0.1, 0.15) is 0 Å². The number of hydrogen-bond acceptors (Lipinski definition) is 4. The second-order valence-corrected chi connectivity index (χ2v) is 8.53. The zero-order valence-corrected chi connectivity index (χ0v) is 17.6. The average Bonchev–Trinajstić information content (AvgIpc) is 3.11. The maximum Gasteiger partial charge on any atom is 0.328 e. The van der Waals surface area contributed by atoms with E-state index in [0.29, 0.717) is 18.2 Å². The molecule has 7 heteroatoms. The number of carbonyl (C=O) groups is 2. The van der Waals surface area contributed by atoms with Gasteiger partial charge < -0.3 is 15.2 Å². The predicted molar refractivity (Wildman–Crippen MR) is 117 cm³/mol. The molecule has 1 aliphatic carbocycles. The van der Waals surface area contributed by atoms with E-state index in [9.17, 15) is 9.59 Å². The van der Waals surface area contributed by atoms with Gasteiger partial charge in [0.2, 0.25) is 0 Å². The van der Waals surface area contributed by atoms with Gasteiger partial charge in [0.25, 0.3) is 0 Å². The monoisotopic (exact) mass is 416 g/mol. The second kappa shape index (κ2) is 9.50. The van der Waals surface area contributed by atoms with E-state index in [1.807, 2.05) is 11.8 Å². The van der Waals surface area contributed by atoms with Crippen molar-refractivity contribution in [2.75, 3.05) is 25.1 Å². The summed E-state index contributed by atoms with van der Waals surface area (Å²) in [6, 6.07) is 7.55. The van der Waals surface area contributed by atoms with E-state index in [1.165, 1.54) is 48.2 Å². The summed E-state index contributed by atoms with van der Waals surface area (Å²) in [7, 11) is 0. The first-order valence-electron chi connectivity index (χ1n) is 9.90. The molecule has 2 aliphatic rings. The van der Waals surface area contributed by atoms with Crippen molar-refractivity contribution >= 4 is 34.6 Å². The minimum absolute atomic E-state index is 0.558. The molecule has 4 rings (SSSR count). The zero-order valence-electron chi connectivity index (χ0n) is 16.8. The molecule has 29 heavy (non-hydrogen) atoms. The first kappa shape index (κ1) is 21.5. The Bertz CT molecular complexity index is 891. The molecule has 0 radical (unpaired) electrons. The van der Waals surface area contributed by atoms with Crippen molar-refractivity contribution in [3.8, 4) is 0 Å². The number of fused-ring (bicyclic) bond motifs is 2. The van der Waals surface area contributed by atoms with E-state index in [0.717, 1.165) is 11.8 Å². The van der Waals surface area contributed by atoms with Gasteiger partial charge >= 0.3 is 11.9 Å². The molecule has 1 saturated heterocycles. The topological polar surface area (TPSA) is 93.6 Å². The first-order chi connectivity index (χ1) is 13.9. The standard InChI is InChI=1S/C18H24N2S.C4H4O4/c1-3-20-10-12(11-21-2)7-15-14-5-4-6-16-18(14)13(9-19-16)8-17(15)20;5-3(6)1-2-4(7)8/h4-6,9,12,15,17,19H,3,7-8,10-11H2,1-2H3;1-2H,(H,5,6)(H,7,8)/b;2-1-/t12-,15?,17-;/m1./s1. The summed E-state index contributed by atoms with van der Waals surface area (Å²) in [4.78, 5) is 25.3. The molecule has 6 nitrogen and oxygen atoms in total. The molecule has 0 spiro atoms. The van der Waals surface area contributed by atoms with Gasteiger partial charge in [-0.1, -0.05) is 19.1 Å². The van der Waals surface area contributed by atoms with Gasteiger partial charge in [0, 0.05) is 47.8 Å².